The van der Waals surface area contributed by atoms with E-state index in [-0.39, 0.29) is 24.7 Å². The van der Waals surface area contributed by atoms with Gasteiger partial charge in [0.25, 0.3) is 0 Å². The van der Waals surface area contributed by atoms with Crippen molar-refractivity contribution in [1.29, 1.82) is 0 Å². The van der Waals surface area contributed by atoms with E-state index in [0.717, 1.165) is 22.5 Å². The predicted molar refractivity (Wildman–Crippen MR) is 69.3 cm³/mol. The number of rotatable bonds is 3. The Hall–Kier alpha value is -1.51. The average Bonchev–Trinajstić information content (AvgIpc) is 2.39. The molecule has 0 saturated carbocycles. The molecule has 2 rings (SSSR count). The number of halogens is 1. The molecule has 1 saturated heterocycles. The summed E-state index contributed by atoms with van der Waals surface area (Å²) in [5, 5.41) is 8.86. The first-order chi connectivity index (χ1) is 9.32. The van der Waals surface area contributed by atoms with Crippen molar-refractivity contribution in [2.75, 3.05) is 13.1 Å². The number of sulfonamides is 1. The molecule has 110 valence electrons. The number of carboxylic acid groups (broad SMARTS) is 1. The van der Waals surface area contributed by atoms with E-state index in [1.54, 1.807) is 0 Å². The second kappa shape index (κ2) is 5.47. The highest BCUT2D eigenvalue weighted by molar-refractivity contribution is 7.89. The number of nitrogens with zero attached hydrogens (tertiary/aromatic N) is 1. The molecule has 0 radical (unpaired) electrons. The first-order valence-corrected chi connectivity index (χ1v) is 7.55. The molecule has 0 unspecified atom stereocenters. The molecular formula is C12H15FN2O4S. The Kier molecular flexibility index (Phi) is 4.07. The van der Waals surface area contributed by atoms with E-state index in [2.05, 4.69) is 0 Å². The van der Waals surface area contributed by atoms with Crippen molar-refractivity contribution in [3.05, 3.63) is 29.6 Å². The monoisotopic (exact) mass is 302 g/mol. The Bertz CT molecular complexity index is 624. The van der Waals surface area contributed by atoms with Gasteiger partial charge >= 0.3 is 5.97 Å². The van der Waals surface area contributed by atoms with Gasteiger partial charge in [-0.3, -0.25) is 0 Å². The van der Waals surface area contributed by atoms with E-state index in [0.29, 0.717) is 12.8 Å². The maximum absolute atomic E-state index is 13.7. The molecule has 20 heavy (non-hydrogen) atoms. The Morgan fingerprint density at radius 2 is 1.95 bits per heavy atom. The van der Waals surface area contributed by atoms with Gasteiger partial charge in [-0.2, -0.15) is 4.31 Å². The Morgan fingerprint density at radius 3 is 2.50 bits per heavy atom. The van der Waals surface area contributed by atoms with E-state index in [1.165, 1.54) is 0 Å². The van der Waals surface area contributed by atoms with Gasteiger partial charge in [0.05, 0.1) is 5.56 Å². The molecule has 0 aromatic heterocycles. The lowest BCUT2D eigenvalue weighted by molar-refractivity contribution is 0.0696. The molecular weight excluding hydrogens is 287 g/mol. The molecule has 0 amide bonds. The topological polar surface area (TPSA) is 101 Å². The number of hydrogen-bond donors (Lipinski definition) is 2. The first-order valence-electron chi connectivity index (χ1n) is 6.11. The third-order valence-electron chi connectivity index (χ3n) is 3.29. The van der Waals surface area contributed by atoms with Crippen molar-refractivity contribution in [2.45, 2.75) is 23.8 Å². The summed E-state index contributed by atoms with van der Waals surface area (Å²) in [5.74, 6) is -2.26. The van der Waals surface area contributed by atoms with Crippen molar-refractivity contribution in [3.8, 4) is 0 Å². The van der Waals surface area contributed by atoms with Crippen molar-refractivity contribution in [3.63, 3.8) is 0 Å². The highest BCUT2D eigenvalue weighted by atomic mass is 32.2. The smallest absolute Gasteiger partial charge is 0.335 e. The van der Waals surface area contributed by atoms with Crippen LogP contribution in [0.25, 0.3) is 0 Å². The van der Waals surface area contributed by atoms with Gasteiger partial charge in [0, 0.05) is 19.1 Å². The predicted octanol–water partition coefficient (Wildman–Crippen LogP) is 0.636. The minimum atomic E-state index is -4.03. The van der Waals surface area contributed by atoms with Gasteiger partial charge in [0.1, 0.15) is 10.7 Å². The second-order valence-corrected chi connectivity index (χ2v) is 6.60. The van der Waals surface area contributed by atoms with Crippen molar-refractivity contribution in [1.82, 2.24) is 4.31 Å². The fraction of sp³-hybridized carbons (Fsp3) is 0.417. The molecule has 1 heterocycles. The van der Waals surface area contributed by atoms with Crippen LogP contribution in [0.5, 0.6) is 0 Å². The second-order valence-electron chi connectivity index (χ2n) is 4.69. The van der Waals surface area contributed by atoms with Gasteiger partial charge in [-0.15, -0.1) is 0 Å². The van der Waals surface area contributed by atoms with Gasteiger partial charge in [0.15, 0.2) is 0 Å². The lowest BCUT2D eigenvalue weighted by Gasteiger charge is -2.29. The van der Waals surface area contributed by atoms with Crippen LogP contribution in [0.4, 0.5) is 4.39 Å². The van der Waals surface area contributed by atoms with Crippen molar-refractivity contribution >= 4 is 16.0 Å². The third-order valence-corrected chi connectivity index (χ3v) is 5.21. The highest BCUT2D eigenvalue weighted by Gasteiger charge is 2.31. The Labute approximate surface area is 116 Å². The van der Waals surface area contributed by atoms with Crippen LogP contribution < -0.4 is 5.73 Å². The molecule has 1 fully saturated rings. The van der Waals surface area contributed by atoms with Crippen LogP contribution in [0.2, 0.25) is 0 Å². The van der Waals surface area contributed by atoms with Gasteiger partial charge in [-0.25, -0.2) is 17.6 Å². The molecule has 1 aromatic rings. The fourth-order valence-corrected chi connectivity index (χ4v) is 3.65. The Morgan fingerprint density at radius 1 is 1.35 bits per heavy atom. The molecule has 6 nitrogen and oxygen atoms in total. The van der Waals surface area contributed by atoms with Crippen molar-refractivity contribution < 1.29 is 22.7 Å². The number of carbonyl (C=O) groups is 1. The van der Waals surface area contributed by atoms with Crippen LogP contribution in [0.1, 0.15) is 23.2 Å². The lowest BCUT2D eigenvalue weighted by Crippen LogP contribution is -2.43. The zero-order valence-corrected chi connectivity index (χ0v) is 11.4. The van der Waals surface area contributed by atoms with Gasteiger partial charge in [-0.1, -0.05) is 0 Å². The number of carboxylic acids is 1. The van der Waals surface area contributed by atoms with Crippen LogP contribution in [0.3, 0.4) is 0 Å². The van der Waals surface area contributed by atoms with Crippen LogP contribution in [0, 0.1) is 5.82 Å². The molecule has 0 spiro atoms. The summed E-state index contributed by atoms with van der Waals surface area (Å²) in [6, 6.07) is 2.67. The Balaban J connectivity index is 2.38. The first kappa shape index (κ1) is 14.9. The summed E-state index contributed by atoms with van der Waals surface area (Å²) in [6.45, 7) is 0.417. The maximum Gasteiger partial charge on any atom is 0.335 e. The van der Waals surface area contributed by atoms with E-state index >= 15 is 0 Å². The van der Waals surface area contributed by atoms with E-state index in [1.807, 2.05) is 0 Å². The molecule has 1 aromatic carbocycles. The lowest BCUT2D eigenvalue weighted by atomic mass is 10.1. The highest BCUT2D eigenvalue weighted by Crippen LogP contribution is 2.23. The summed E-state index contributed by atoms with van der Waals surface area (Å²) in [7, 11) is -4.03. The standard InChI is InChI=1S/C12H15FN2O4S/c13-10-2-1-8(12(16)17)7-11(10)20(18,19)15-5-3-9(14)4-6-15/h1-2,7,9H,3-6,14H2,(H,16,17). The molecule has 1 aliphatic heterocycles. The normalized spacial score (nSPS) is 18.1. The molecule has 3 N–H and O–H groups in total. The summed E-state index contributed by atoms with van der Waals surface area (Å²) in [6.07, 6.45) is 0.999. The maximum atomic E-state index is 13.7. The molecule has 1 aliphatic rings. The summed E-state index contributed by atoms with van der Waals surface area (Å²) in [5.41, 5.74) is 5.43. The zero-order chi connectivity index (χ0) is 14.9. The van der Waals surface area contributed by atoms with E-state index < -0.39 is 26.7 Å². The van der Waals surface area contributed by atoms with Crippen LogP contribution >= 0.6 is 0 Å². The molecule has 0 atom stereocenters. The minimum Gasteiger partial charge on any atom is -0.478 e. The van der Waals surface area contributed by atoms with Crippen LogP contribution in [-0.4, -0.2) is 42.9 Å². The molecule has 0 aliphatic carbocycles. The SMILES string of the molecule is NC1CCN(S(=O)(=O)c2cc(C(=O)O)ccc2F)CC1. The largest absolute Gasteiger partial charge is 0.478 e. The number of nitrogens with two attached hydrogens (primary N) is 1. The number of hydrogen-bond acceptors (Lipinski definition) is 4. The minimum absolute atomic E-state index is 0.0587. The number of benzene rings is 1. The van der Waals surface area contributed by atoms with Gasteiger partial charge in [-0.05, 0) is 31.0 Å². The average molecular weight is 302 g/mol. The van der Waals surface area contributed by atoms with E-state index in [9.17, 15) is 17.6 Å². The van der Waals surface area contributed by atoms with Crippen LogP contribution in [-0.2, 0) is 10.0 Å². The molecule has 0 bridgehead atoms. The quantitative estimate of drug-likeness (QED) is 0.853. The van der Waals surface area contributed by atoms with E-state index in [4.69, 9.17) is 10.8 Å². The summed E-state index contributed by atoms with van der Waals surface area (Å²) in [4.78, 5) is 10.3. The van der Waals surface area contributed by atoms with Gasteiger partial charge in [0.2, 0.25) is 10.0 Å². The number of piperidine rings is 1. The fourth-order valence-electron chi connectivity index (χ4n) is 2.09. The molecule has 8 heteroatoms. The zero-order valence-electron chi connectivity index (χ0n) is 10.6. The van der Waals surface area contributed by atoms with Crippen molar-refractivity contribution in [2.24, 2.45) is 5.73 Å². The van der Waals surface area contributed by atoms with Crippen LogP contribution in [0.15, 0.2) is 23.1 Å². The summed E-state index contributed by atoms with van der Waals surface area (Å²) < 4.78 is 39.6. The summed E-state index contributed by atoms with van der Waals surface area (Å²) >= 11 is 0. The third kappa shape index (κ3) is 2.82. The number of aromatic carboxylic acids is 1. The van der Waals surface area contributed by atoms with Gasteiger partial charge < -0.3 is 10.8 Å².